The third-order valence-corrected chi connectivity index (χ3v) is 0. The van der Waals surface area contributed by atoms with E-state index in [0.717, 1.165) is 20.4 Å². The van der Waals surface area contributed by atoms with Crippen LogP contribution in [-0.2, 0) is 40.8 Å². The number of rotatable bonds is 0. The van der Waals surface area contributed by atoms with Gasteiger partial charge in [-0.2, -0.15) is 0 Å². The van der Waals surface area contributed by atoms with E-state index in [9.17, 15) is 0 Å². The molecule has 0 aliphatic heterocycles. The first-order chi connectivity index (χ1) is 1.00. The standard InChI is InChI=1S/Bi.BrH.Fe.O.Ti.3H/h;1H;;;;;;. The van der Waals surface area contributed by atoms with Gasteiger partial charge < -0.3 is 0 Å². The Labute approximate surface area is 82.7 Å². The number of halogens is 1. The molecule has 0 aliphatic carbocycles. The summed E-state index contributed by atoms with van der Waals surface area (Å²) < 4.78 is 8.25. The Morgan fingerprint density at radius 3 is 1.20 bits per heavy atom. The maximum atomic E-state index is 8.25. The summed E-state index contributed by atoms with van der Waals surface area (Å²) >= 11 is 0.750. The molecule has 0 fully saturated rings. The van der Waals surface area contributed by atoms with Gasteiger partial charge in [-0.3, -0.25) is 0 Å². The van der Waals surface area contributed by atoms with Gasteiger partial charge in [0.1, 0.15) is 0 Å². The first-order valence-electron chi connectivity index (χ1n) is 0.204. The van der Waals surface area contributed by atoms with Gasteiger partial charge in [0.05, 0.1) is 0 Å². The zero-order valence-corrected chi connectivity index (χ0v) is 12.3. The van der Waals surface area contributed by atoms with Crippen molar-refractivity contribution in [3.63, 3.8) is 0 Å². The molecule has 1 nitrogen and oxygen atoms in total. The van der Waals surface area contributed by atoms with E-state index in [0.29, 0.717) is 0 Å². The van der Waals surface area contributed by atoms with Crippen LogP contribution in [0.5, 0.6) is 0 Å². The molecule has 0 aliphatic rings. The fourth-order valence-electron chi connectivity index (χ4n) is 0. The second kappa shape index (κ2) is 32.4. The molecule has 0 spiro atoms. The molecule has 0 aromatic carbocycles. The molecule has 34 valence electrons. The monoisotopic (exact) mass is 412 g/mol. The molecule has 5 heavy (non-hydrogen) atoms. The molecule has 0 aromatic rings. The summed E-state index contributed by atoms with van der Waals surface area (Å²) in [6, 6.07) is 0. The van der Waals surface area contributed by atoms with Crippen molar-refractivity contribution in [1.82, 2.24) is 0 Å². The van der Waals surface area contributed by atoms with Crippen molar-refractivity contribution in [2.75, 3.05) is 0 Å². The van der Waals surface area contributed by atoms with Gasteiger partial charge in [0.25, 0.3) is 0 Å². The summed E-state index contributed by atoms with van der Waals surface area (Å²) in [5, 5.41) is 0. The Bertz CT molecular complexity index is 11.6. The van der Waals surface area contributed by atoms with Crippen LogP contribution in [-0.4, -0.2) is 26.2 Å². The van der Waals surface area contributed by atoms with E-state index < -0.39 is 0 Å². The molecule has 0 unspecified atom stereocenters. The van der Waals surface area contributed by atoms with Gasteiger partial charge in [0.2, 0.25) is 0 Å². The zero-order chi connectivity index (χ0) is 2.00. The number of hydrogen-bond acceptors (Lipinski definition) is 1. The van der Waals surface area contributed by atoms with Crippen molar-refractivity contribution < 1.29 is 40.8 Å². The van der Waals surface area contributed by atoms with Crippen LogP contribution in [0.2, 0.25) is 0 Å². The van der Waals surface area contributed by atoms with E-state index >= 15 is 0 Å². The van der Waals surface area contributed by atoms with Gasteiger partial charge in [0, 0.05) is 17.1 Å². The van der Waals surface area contributed by atoms with Crippen LogP contribution in [0.1, 0.15) is 0 Å². The number of hydrogen-bond donors (Lipinski definition) is 0. The van der Waals surface area contributed by atoms with Crippen LogP contribution in [0.25, 0.3) is 0 Å². The van der Waals surface area contributed by atoms with Crippen LogP contribution in [0.15, 0.2) is 0 Å². The third-order valence-electron chi connectivity index (χ3n) is 0. The summed E-state index contributed by atoms with van der Waals surface area (Å²) in [5.41, 5.74) is 0. The second-order valence-corrected chi connectivity index (χ2v) is 0. The molecule has 0 rings (SSSR count). The SMILES string of the molecule is Br.[BiH3].[Fe].[O]=[Ti]. The summed E-state index contributed by atoms with van der Waals surface area (Å²) in [7, 11) is 0. The van der Waals surface area contributed by atoms with Crippen LogP contribution in [0.4, 0.5) is 0 Å². The Hall–Kier alpha value is 2.40. The molecule has 0 radical (unpaired) electrons. The van der Waals surface area contributed by atoms with Crippen LogP contribution in [0, 0.1) is 0 Å². The molecule has 0 amide bonds. The Morgan fingerprint density at radius 2 is 1.20 bits per heavy atom. The van der Waals surface area contributed by atoms with Crippen molar-refractivity contribution in [3.05, 3.63) is 0 Å². The molecule has 5 heteroatoms. The Morgan fingerprint density at radius 1 is 1.20 bits per heavy atom. The van der Waals surface area contributed by atoms with E-state index in [-0.39, 0.29) is 60.3 Å². The Balaban J connectivity index is -0.00000000167. The topological polar surface area (TPSA) is 17.1 Å². The van der Waals surface area contributed by atoms with E-state index in [1.54, 1.807) is 0 Å². The molecule has 0 heterocycles. The molecular weight excluding hydrogens is 409 g/mol. The normalized spacial score (nSPS) is 0.600. The van der Waals surface area contributed by atoms with Gasteiger partial charge >= 0.3 is 49.9 Å². The molecule has 0 N–H and O–H groups in total. The van der Waals surface area contributed by atoms with E-state index in [4.69, 9.17) is 3.32 Å². The fourth-order valence-corrected chi connectivity index (χ4v) is 0. The van der Waals surface area contributed by atoms with Crippen LogP contribution >= 0.6 is 17.0 Å². The summed E-state index contributed by atoms with van der Waals surface area (Å²) in [4.78, 5) is 0. The van der Waals surface area contributed by atoms with Crippen molar-refractivity contribution in [2.45, 2.75) is 0 Å². The van der Waals surface area contributed by atoms with Crippen molar-refractivity contribution in [1.29, 1.82) is 0 Å². The molecule has 0 bridgehead atoms. The van der Waals surface area contributed by atoms with E-state index in [1.165, 1.54) is 0 Å². The summed E-state index contributed by atoms with van der Waals surface area (Å²) in [6.07, 6.45) is 0. The van der Waals surface area contributed by atoms with Crippen molar-refractivity contribution >= 4 is 43.2 Å². The average molecular weight is 413 g/mol. The average Bonchev–Trinajstić information content (AvgIpc) is 1.00. The molecule has 0 saturated heterocycles. The van der Waals surface area contributed by atoms with Gasteiger partial charge in [-0.15, -0.1) is 17.0 Å². The zero-order valence-electron chi connectivity index (χ0n) is 2.38. The minimum atomic E-state index is 0. The van der Waals surface area contributed by atoms with Gasteiger partial charge in [-0.1, -0.05) is 0 Å². The quantitative estimate of drug-likeness (QED) is 0.480. The summed E-state index contributed by atoms with van der Waals surface area (Å²) in [6.45, 7) is 0. The van der Waals surface area contributed by atoms with Crippen molar-refractivity contribution in [2.24, 2.45) is 0 Å². The van der Waals surface area contributed by atoms with Crippen LogP contribution < -0.4 is 0 Å². The minimum absolute atomic E-state index is 0. The first-order valence-corrected chi connectivity index (χ1v) is 0.842. The van der Waals surface area contributed by atoms with E-state index in [1.807, 2.05) is 0 Å². The first kappa shape index (κ1) is 26.2. The molecular formula is H4BiBrFeOTi. The second-order valence-electron chi connectivity index (χ2n) is 0. The van der Waals surface area contributed by atoms with Gasteiger partial charge in [-0.05, 0) is 0 Å². The maximum absolute atomic E-state index is 8.25. The van der Waals surface area contributed by atoms with Gasteiger partial charge in [0.15, 0.2) is 0 Å². The van der Waals surface area contributed by atoms with Gasteiger partial charge in [-0.25, -0.2) is 0 Å². The predicted molar refractivity (Wildman–Crippen MR) is 20.9 cm³/mol. The molecule has 0 saturated carbocycles. The third kappa shape index (κ3) is 21.5. The van der Waals surface area contributed by atoms with Crippen LogP contribution in [0.3, 0.4) is 0 Å². The molecule has 0 aromatic heterocycles. The fraction of sp³-hybridized carbons (Fsp3) is 0. The Kier molecular flexibility index (Phi) is 170. The van der Waals surface area contributed by atoms with E-state index in [2.05, 4.69) is 0 Å². The molecule has 0 atom stereocenters. The summed E-state index contributed by atoms with van der Waals surface area (Å²) in [5.74, 6) is 0. The predicted octanol–water partition coefficient (Wildman–Crippen LogP) is -0.730. The van der Waals surface area contributed by atoms with Crippen molar-refractivity contribution in [3.8, 4) is 0 Å².